The van der Waals surface area contributed by atoms with Crippen LogP contribution in [0.2, 0.25) is 0 Å². The predicted molar refractivity (Wildman–Crippen MR) is 60.2 cm³/mol. The van der Waals surface area contributed by atoms with Crippen molar-refractivity contribution in [1.29, 1.82) is 0 Å². The van der Waals surface area contributed by atoms with Crippen molar-refractivity contribution in [3.05, 3.63) is 52.1 Å². The average molecular weight is 217 g/mol. The number of nitrogens with two attached hydrogens (primary N) is 1. The highest BCUT2D eigenvalue weighted by atomic mass is 16.3. The van der Waals surface area contributed by atoms with Crippen molar-refractivity contribution in [2.24, 2.45) is 0 Å². The van der Waals surface area contributed by atoms with Crippen LogP contribution in [0.15, 0.2) is 35.1 Å². The van der Waals surface area contributed by atoms with Crippen molar-refractivity contribution in [3.63, 3.8) is 0 Å². The lowest BCUT2D eigenvalue weighted by Gasteiger charge is -2.04. The van der Waals surface area contributed by atoms with Gasteiger partial charge in [0.05, 0.1) is 6.07 Å². The zero-order chi connectivity index (χ0) is 11.5. The number of hydrogen-bond acceptors (Lipinski definition) is 4. The van der Waals surface area contributed by atoms with Crippen LogP contribution in [0, 0.1) is 0 Å². The lowest BCUT2D eigenvalue weighted by molar-refractivity contribution is 0.448. The van der Waals surface area contributed by atoms with E-state index in [4.69, 9.17) is 5.73 Å². The topological polar surface area (TPSA) is 92.0 Å². The van der Waals surface area contributed by atoms with Crippen LogP contribution in [0.3, 0.4) is 0 Å². The predicted octanol–water partition coefficient (Wildman–Crippen LogP) is 0.649. The maximum absolute atomic E-state index is 11.1. The summed E-state index contributed by atoms with van der Waals surface area (Å²) in [5, 5.41) is 9.18. The Morgan fingerprint density at radius 2 is 2.12 bits per heavy atom. The molecular formula is C11H11N3O2. The Labute approximate surface area is 91.6 Å². The highest BCUT2D eigenvalue weighted by Crippen LogP contribution is 2.13. The van der Waals surface area contributed by atoms with E-state index in [1.54, 1.807) is 6.07 Å². The third kappa shape index (κ3) is 2.20. The monoisotopic (exact) mass is 217 g/mol. The third-order valence-corrected chi connectivity index (χ3v) is 2.19. The Bertz CT molecular complexity index is 563. The van der Waals surface area contributed by atoms with Crippen LogP contribution in [0.1, 0.15) is 11.4 Å². The van der Waals surface area contributed by atoms with Crippen molar-refractivity contribution in [1.82, 2.24) is 9.97 Å². The van der Waals surface area contributed by atoms with Crippen molar-refractivity contribution in [2.75, 3.05) is 5.73 Å². The van der Waals surface area contributed by atoms with Crippen molar-refractivity contribution >= 4 is 5.69 Å². The van der Waals surface area contributed by atoms with E-state index >= 15 is 0 Å². The van der Waals surface area contributed by atoms with Gasteiger partial charge < -0.3 is 15.8 Å². The van der Waals surface area contributed by atoms with Gasteiger partial charge in [-0.05, 0) is 11.6 Å². The Kier molecular flexibility index (Phi) is 2.59. The fourth-order valence-corrected chi connectivity index (χ4v) is 1.45. The van der Waals surface area contributed by atoms with E-state index in [2.05, 4.69) is 9.97 Å². The lowest BCUT2D eigenvalue weighted by atomic mass is 10.1. The number of hydrogen-bond donors (Lipinski definition) is 3. The van der Waals surface area contributed by atoms with Gasteiger partial charge in [0.25, 0.3) is 5.56 Å². The molecule has 5 nitrogen and oxygen atoms in total. The molecule has 0 bridgehead atoms. The van der Waals surface area contributed by atoms with E-state index in [-0.39, 0.29) is 11.4 Å². The molecule has 0 amide bonds. The van der Waals surface area contributed by atoms with Crippen LogP contribution < -0.4 is 11.3 Å². The number of nitrogen functional groups attached to an aromatic ring is 1. The van der Waals surface area contributed by atoms with E-state index in [9.17, 15) is 9.90 Å². The minimum Gasteiger partial charge on any atom is -0.493 e. The zero-order valence-electron chi connectivity index (χ0n) is 8.47. The van der Waals surface area contributed by atoms with E-state index in [1.165, 1.54) is 0 Å². The number of rotatable bonds is 2. The maximum atomic E-state index is 11.1. The first-order valence-corrected chi connectivity index (χ1v) is 4.78. The summed E-state index contributed by atoms with van der Waals surface area (Å²) in [4.78, 5) is 17.5. The molecule has 0 saturated carbocycles. The van der Waals surface area contributed by atoms with Gasteiger partial charge >= 0.3 is 0 Å². The Morgan fingerprint density at radius 1 is 1.38 bits per heavy atom. The number of benzene rings is 1. The summed E-state index contributed by atoms with van der Waals surface area (Å²) in [7, 11) is 0. The summed E-state index contributed by atoms with van der Waals surface area (Å²) in [5.74, 6) is 0.108. The summed E-state index contributed by atoms with van der Waals surface area (Å²) < 4.78 is 0. The fourth-order valence-electron chi connectivity index (χ4n) is 1.45. The molecule has 0 aliphatic carbocycles. The van der Waals surface area contributed by atoms with Crippen molar-refractivity contribution < 1.29 is 5.11 Å². The lowest BCUT2D eigenvalue weighted by Crippen LogP contribution is -2.10. The molecule has 2 rings (SSSR count). The average Bonchev–Trinajstić information content (AvgIpc) is 2.20. The summed E-state index contributed by atoms with van der Waals surface area (Å²) in [5.41, 5.74) is 6.87. The number of H-pyrrole nitrogens is 1. The minimum absolute atomic E-state index is 0.284. The summed E-state index contributed by atoms with van der Waals surface area (Å²) >= 11 is 0. The van der Waals surface area contributed by atoms with E-state index in [0.29, 0.717) is 17.9 Å². The molecule has 0 fully saturated rings. The smallest absolute Gasteiger partial charge is 0.254 e. The molecule has 5 heteroatoms. The number of nitrogens with zero attached hydrogens (tertiary/aromatic N) is 1. The Morgan fingerprint density at radius 3 is 2.81 bits per heavy atom. The second kappa shape index (κ2) is 4.06. The standard InChI is InChI=1S/C11H11N3O2/c12-8-4-2-1-3-7(8)5-9-13-10(15)6-11(16)14-9/h1-4,6H,5,12H2,(H2,13,14,15,16). The van der Waals surface area contributed by atoms with Crippen LogP contribution in [-0.4, -0.2) is 15.1 Å². The van der Waals surface area contributed by atoms with Crippen LogP contribution in [0.25, 0.3) is 0 Å². The number of nitrogens with one attached hydrogen (secondary N) is 1. The van der Waals surface area contributed by atoms with E-state index in [0.717, 1.165) is 11.6 Å². The first-order chi connectivity index (χ1) is 7.65. The second-order valence-corrected chi connectivity index (χ2v) is 3.43. The SMILES string of the molecule is Nc1ccccc1Cc1nc(O)cc(=O)[nH]1. The summed E-state index contributed by atoms with van der Waals surface area (Å²) in [6, 6.07) is 8.33. The molecule has 0 radical (unpaired) electrons. The van der Waals surface area contributed by atoms with Gasteiger partial charge in [-0.3, -0.25) is 4.79 Å². The second-order valence-electron chi connectivity index (χ2n) is 3.43. The molecule has 0 saturated heterocycles. The molecule has 0 aliphatic heterocycles. The van der Waals surface area contributed by atoms with Crippen LogP contribution in [0.5, 0.6) is 5.88 Å². The third-order valence-electron chi connectivity index (χ3n) is 2.19. The number of aromatic nitrogens is 2. The van der Waals surface area contributed by atoms with Gasteiger partial charge in [0.2, 0.25) is 5.88 Å². The van der Waals surface area contributed by atoms with Gasteiger partial charge in [-0.1, -0.05) is 18.2 Å². The van der Waals surface area contributed by atoms with Gasteiger partial charge in [0.15, 0.2) is 0 Å². The molecule has 0 atom stereocenters. The molecule has 0 unspecified atom stereocenters. The first-order valence-electron chi connectivity index (χ1n) is 4.78. The van der Waals surface area contributed by atoms with Crippen LogP contribution >= 0.6 is 0 Å². The molecular weight excluding hydrogens is 206 g/mol. The Balaban J connectivity index is 2.34. The number of aromatic hydroxyl groups is 1. The van der Waals surface area contributed by atoms with Crippen LogP contribution in [-0.2, 0) is 6.42 Å². The molecule has 0 aliphatic rings. The molecule has 2 aromatic rings. The van der Waals surface area contributed by atoms with Gasteiger partial charge in [-0.15, -0.1) is 0 Å². The van der Waals surface area contributed by atoms with Crippen molar-refractivity contribution in [2.45, 2.75) is 6.42 Å². The summed E-state index contributed by atoms with van der Waals surface area (Å²) in [6.07, 6.45) is 0.385. The summed E-state index contributed by atoms with van der Waals surface area (Å²) in [6.45, 7) is 0. The quantitative estimate of drug-likeness (QED) is 0.644. The fraction of sp³-hybridized carbons (Fsp3) is 0.0909. The Hall–Kier alpha value is -2.30. The highest BCUT2D eigenvalue weighted by Gasteiger charge is 2.03. The van der Waals surface area contributed by atoms with Gasteiger partial charge in [-0.2, -0.15) is 4.98 Å². The molecule has 82 valence electrons. The van der Waals surface area contributed by atoms with Gasteiger partial charge in [0, 0.05) is 12.1 Å². The van der Waals surface area contributed by atoms with Crippen molar-refractivity contribution in [3.8, 4) is 5.88 Å². The first kappa shape index (κ1) is 10.2. The molecule has 1 aromatic heterocycles. The van der Waals surface area contributed by atoms with Crippen LogP contribution in [0.4, 0.5) is 5.69 Å². The highest BCUT2D eigenvalue weighted by molar-refractivity contribution is 5.47. The molecule has 16 heavy (non-hydrogen) atoms. The number of para-hydroxylation sites is 1. The largest absolute Gasteiger partial charge is 0.493 e. The van der Waals surface area contributed by atoms with E-state index in [1.807, 2.05) is 18.2 Å². The maximum Gasteiger partial charge on any atom is 0.254 e. The molecule has 4 N–H and O–H groups in total. The van der Waals surface area contributed by atoms with E-state index < -0.39 is 0 Å². The normalized spacial score (nSPS) is 10.2. The number of anilines is 1. The van der Waals surface area contributed by atoms with Gasteiger partial charge in [0.1, 0.15) is 5.82 Å². The minimum atomic E-state index is -0.378. The zero-order valence-corrected chi connectivity index (χ0v) is 8.47. The number of aromatic amines is 1. The molecule has 1 heterocycles. The molecule has 1 aromatic carbocycles. The van der Waals surface area contributed by atoms with Gasteiger partial charge in [-0.25, -0.2) is 0 Å². The molecule has 0 spiro atoms.